The second-order valence-corrected chi connectivity index (χ2v) is 3.55. The van der Waals surface area contributed by atoms with Crippen molar-refractivity contribution < 1.29 is 14.3 Å². The molecule has 2 bridgehead atoms. The number of hydrogen-bond donors (Lipinski definition) is 1. The molecule has 3 aliphatic rings. The van der Waals surface area contributed by atoms with Gasteiger partial charge in [-0.2, -0.15) is 0 Å². The van der Waals surface area contributed by atoms with E-state index in [2.05, 4.69) is 0 Å². The summed E-state index contributed by atoms with van der Waals surface area (Å²) in [5.74, 6) is 3.95. The third-order valence-corrected chi connectivity index (χ3v) is 2.94. The number of fused-ring (bicyclic) bond motifs is 5. The number of rotatable bonds is 0. The molecule has 2 N–H and O–H groups in total. The van der Waals surface area contributed by atoms with Crippen LogP contribution in [0.4, 0.5) is 0 Å². The molecule has 68 valence electrons. The van der Waals surface area contributed by atoms with Crippen molar-refractivity contribution in [3.8, 4) is 0 Å². The molecule has 0 aromatic rings. The summed E-state index contributed by atoms with van der Waals surface area (Å²) < 4.78 is 5.39. The van der Waals surface area contributed by atoms with Gasteiger partial charge < -0.3 is 4.74 Å². The predicted octanol–water partition coefficient (Wildman–Crippen LogP) is -1.20. The molecule has 0 radical (unpaired) electrons. The lowest BCUT2D eigenvalue weighted by atomic mass is 9.85. The van der Waals surface area contributed by atoms with Crippen molar-refractivity contribution in [2.24, 2.45) is 17.7 Å². The minimum Gasteiger partial charge on any atom is -0.365 e. The van der Waals surface area contributed by atoms with E-state index in [-0.39, 0.29) is 35.9 Å². The van der Waals surface area contributed by atoms with Gasteiger partial charge in [0.1, 0.15) is 0 Å². The Morgan fingerprint density at radius 1 is 1.15 bits per heavy atom. The maximum Gasteiger partial charge on any atom is 0.250 e. The average molecular weight is 180 g/mol. The Morgan fingerprint density at radius 2 is 1.62 bits per heavy atom. The molecule has 3 aliphatic heterocycles. The summed E-state index contributed by atoms with van der Waals surface area (Å²) in [6.45, 7) is 0. The zero-order valence-electron chi connectivity index (χ0n) is 6.71. The Labute approximate surface area is 74.1 Å². The molecular weight excluding hydrogens is 172 g/mol. The van der Waals surface area contributed by atoms with Crippen molar-refractivity contribution in [1.29, 1.82) is 0 Å². The molecule has 13 heavy (non-hydrogen) atoms. The summed E-state index contributed by atoms with van der Waals surface area (Å²) in [7, 11) is 0. The molecule has 4 atom stereocenters. The van der Waals surface area contributed by atoms with Crippen LogP contribution in [0.5, 0.6) is 0 Å². The first-order valence-corrected chi connectivity index (χ1v) is 4.16. The Morgan fingerprint density at radius 3 is 2.08 bits per heavy atom. The van der Waals surface area contributed by atoms with Gasteiger partial charge in [0.15, 0.2) is 0 Å². The second-order valence-electron chi connectivity index (χ2n) is 3.55. The minimum atomic E-state index is -0.368. The van der Waals surface area contributed by atoms with Crippen LogP contribution in [-0.2, 0) is 14.3 Å². The topological polar surface area (TPSA) is 72.6 Å². The standard InChI is InChI=1S/C8H8N2O3/c9-10-7(11)5-3-1-2-4(13-3)6(5)8(10)12/h1-6H,9H2/t3?,4?,5-,6+. The van der Waals surface area contributed by atoms with Gasteiger partial charge in [-0.3, -0.25) is 9.59 Å². The average Bonchev–Trinajstić information content (AvgIpc) is 2.76. The van der Waals surface area contributed by atoms with Crippen LogP contribution in [0.1, 0.15) is 0 Å². The van der Waals surface area contributed by atoms with Crippen molar-refractivity contribution in [3.63, 3.8) is 0 Å². The molecule has 3 rings (SSSR count). The van der Waals surface area contributed by atoms with Crippen molar-refractivity contribution in [2.75, 3.05) is 0 Å². The molecule has 0 saturated carbocycles. The highest BCUT2D eigenvalue weighted by Crippen LogP contribution is 2.43. The van der Waals surface area contributed by atoms with Crippen LogP contribution in [0, 0.1) is 11.8 Å². The Balaban J connectivity index is 2.08. The van der Waals surface area contributed by atoms with E-state index in [0.29, 0.717) is 0 Å². The fraction of sp³-hybridized carbons (Fsp3) is 0.500. The molecule has 0 aromatic heterocycles. The maximum absolute atomic E-state index is 11.5. The lowest BCUT2D eigenvalue weighted by Crippen LogP contribution is -2.39. The molecule has 2 fully saturated rings. The first-order chi connectivity index (χ1) is 6.20. The summed E-state index contributed by atoms with van der Waals surface area (Å²) in [5.41, 5.74) is 0. The molecule has 0 spiro atoms. The Bertz CT molecular complexity index is 308. The summed E-state index contributed by atoms with van der Waals surface area (Å²) in [6.07, 6.45) is 3.19. The van der Waals surface area contributed by atoms with Crippen molar-refractivity contribution in [3.05, 3.63) is 12.2 Å². The van der Waals surface area contributed by atoms with E-state index in [0.717, 1.165) is 5.01 Å². The van der Waals surface area contributed by atoms with Gasteiger partial charge in [0.05, 0.1) is 24.0 Å². The SMILES string of the molecule is NN1C(=O)[C@@H]2C3C=CC(O3)[C@@H]2C1=O. The summed E-state index contributed by atoms with van der Waals surface area (Å²) >= 11 is 0. The van der Waals surface area contributed by atoms with E-state index in [4.69, 9.17) is 10.6 Å². The zero-order valence-corrected chi connectivity index (χ0v) is 6.71. The number of ether oxygens (including phenoxy) is 1. The minimum absolute atomic E-state index is 0.236. The van der Waals surface area contributed by atoms with E-state index in [1.807, 2.05) is 12.2 Å². The van der Waals surface area contributed by atoms with Crippen LogP contribution < -0.4 is 5.84 Å². The lowest BCUT2D eigenvalue weighted by molar-refractivity contribution is -0.142. The quantitative estimate of drug-likeness (QED) is 0.220. The van der Waals surface area contributed by atoms with Crippen LogP contribution in [-0.4, -0.2) is 29.0 Å². The molecule has 2 amide bonds. The van der Waals surface area contributed by atoms with Crippen molar-refractivity contribution in [2.45, 2.75) is 12.2 Å². The summed E-state index contributed by atoms with van der Waals surface area (Å²) in [4.78, 5) is 22.9. The van der Waals surface area contributed by atoms with Crippen LogP contribution in [0.3, 0.4) is 0 Å². The Hall–Kier alpha value is -1.20. The molecule has 3 heterocycles. The van der Waals surface area contributed by atoms with Gasteiger partial charge in [-0.15, -0.1) is 0 Å². The lowest BCUT2D eigenvalue weighted by Gasteiger charge is -2.10. The number of hydrazine groups is 1. The molecule has 5 nitrogen and oxygen atoms in total. The van der Waals surface area contributed by atoms with Crippen LogP contribution in [0.2, 0.25) is 0 Å². The highest BCUT2D eigenvalue weighted by atomic mass is 16.5. The molecular formula is C8H8N2O3. The molecule has 0 aliphatic carbocycles. The van der Waals surface area contributed by atoms with E-state index < -0.39 is 0 Å². The number of carbonyl (C=O) groups excluding carboxylic acids is 2. The number of nitrogens with two attached hydrogens (primary N) is 1. The third-order valence-electron chi connectivity index (χ3n) is 2.94. The van der Waals surface area contributed by atoms with Crippen LogP contribution in [0.15, 0.2) is 12.2 Å². The smallest absolute Gasteiger partial charge is 0.250 e. The fourth-order valence-corrected chi connectivity index (χ4v) is 2.33. The zero-order chi connectivity index (χ0) is 9.16. The molecule has 2 unspecified atom stereocenters. The first-order valence-electron chi connectivity index (χ1n) is 4.16. The van der Waals surface area contributed by atoms with Gasteiger partial charge in [0.2, 0.25) is 0 Å². The van der Waals surface area contributed by atoms with E-state index in [9.17, 15) is 9.59 Å². The molecule has 5 heteroatoms. The number of amides is 2. The molecule has 0 aromatic carbocycles. The summed E-state index contributed by atoms with van der Waals surface area (Å²) in [6, 6.07) is 0. The fourth-order valence-electron chi connectivity index (χ4n) is 2.33. The number of imide groups is 1. The van der Waals surface area contributed by atoms with Gasteiger partial charge in [0.25, 0.3) is 11.8 Å². The van der Waals surface area contributed by atoms with Gasteiger partial charge in [-0.25, -0.2) is 10.9 Å². The van der Waals surface area contributed by atoms with Crippen molar-refractivity contribution in [1.82, 2.24) is 5.01 Å². The second kappa shape index (κ2) is 2.00. The summed E-state index contributed by atoms with van der Waals surface area (Å²) in [5, 5.41) is 0.727. The number of nitrogens with zero attached hydrogens (tertiary/aromatic N) is 1. The van der Waals surface area contributed by atoms with E-state index in [1.54, 1.807) is 0 Å². The van der Waals surface area contributed by atoms with Gasteiger partial charge in [0, 0.05) is 0 Å². The van der Waals surface area contributed by atoms with Gasteiger partial charge >= 0.3 is 0 Å². The highest BCUT2D eigenvalue weighted by Gasteiger charge is 2.60. The van der Waals surface area contributed by atoms with Gasteiger partial charge in [-0.05, 0) is 0 Å². The van der Waals surface area contributed by atoms with E-state index >= 15 is 0 Å². The van der Waals surface area contributed by atoms with Gasteiger partial charge in [-0.1, -0.05) is 12.2 Å². The predicted molar refractivity (Wildman–Crippen MR) is 40.8 cm³/mol. The van der Waals surface area contributed by atoms with Crippen LogP contribution >= 0.6 is 0 Å². The first kappa shape index (κ1) is 7.23. The normalized spacial score (nSPS) is 46.4. The number of carbonyl (C=O) groups is 2. The highest BCUT2D eigenvalue weighted by molar-refractivity contribution is 6.06. The largest absolute Gasteiger partial charge is 0.365 e. The maximum atomic E-state index is 11.5. The monoisotopic (exact) mass is 180 g/mol. The van der Waals surface area contributed by atoms with E-state index in [1.165, 1.54) is 0 Å². The molecule has 2 saturated heterocycles. The van der Waals surface area contributed by atoms with Crippen molar-refractivity contribution >= 4 is 11.8 Å². The Kier molecular flexibility index (Phi) is 1.11. The third kappa shape index (κ3) is 0.653. The van der Waals surface area contributed by atoms with Crippen LogP contribution in [0.25, 0.3) is 0 Å². The number of hydrogen-bond acceptors (Lipinski definition) is 4.